The van der Waals surface area contributed by atoms with Crippen LogP contribution in [0.15, 0.2) is 29.2 Å². The van der Waals surface area contributed by atoms with Gasteiger partial charge in [-0.3, -0.25) is 9.59 Å². The molecule has 0 aromatic heterocycles. The largest absolute Gasteiger partial charge is 0.338 e. The first kappa shape index (κ1) is 20.2. The molecule has 2 fully saturated rings. The molecule has 3 atom stereocenters. The Bertz CT molecular complexity index is 667. The third kappa shape index (κ3) is 5.48. The number of carbonyl (C=O) groups is 2. The number of carbonyl (C=O) groups excluding carboxylic acids is 2. The Morgan fingerprint density at radius 3 is 2.67 bits per heavy atom. The number of amides is 2. The molecule has 2 amide bonds. The Hall–Kier alpha value is -1.53. The number of quaternary nitrogens is 1. The summed E-state index contributed by atoms with van der Waals surface area (Å²) in [4.78, 5) is 29.1. The molecule has 1 saturated carbocycles. The fraction of sp³-hybridized carbons (Fsp3) is 0.619. The second-order valence-corrected chi connectivity index (χ2v) is 8.84. The third-order valence-corrected chi connectivity index (χ3v) is 6.74. The number of rotatable bonds is 6. The number of piperidine rings is 1. The molecule has 148 valence electrons. The highest BCUT2D eigenvalue weighted by Gasteiger charge is 2.33. The van der Waals surface area contributed by atoms with Gasteiger partial charge in [0.25, 0.3) is 11.8 Å². The summed E-state index contributed by atoms with van der Waals surface area (Å²) in [6.45, 7) is 2.49. The van der Waals surface area contributed by atoms with E-state index in [0.717, 1.165) is 40.9 Å². The number of anilines is 1. The summed E-state index contributed by atoms with van der Waals surface area (Å²) in [6, 6.07) is 7.80. The van der Waals surface area contributed by atoms with Crippen LogP contribution >= 0.6 is 11.8 Å². The van der Waals surface area contributed by atoms with Crippen molar-refractivity contribution in [3.8, 4) is 0 Å². The average Bonchev–Trinajstić information content (AvgIpc) is 2.67. The van der Waals surface area contributed by atoms with Crippen LogP contribution in [0.3, 0.4) is 0 Å². The summed E-state index contributed by atoms with van der Waals surface area (Å²) in [6.07, 6.45) is 8.44. The molecule has 3 rings (SSSR count). The van der Waals surface area contributed by atoms with E-state index in [0.29, 0.717) is 19.0 Å². The zero-order valence-electron chi connectivity index (χ0n) is 16.5. The van der Waals surface area contributed by atoms with E-state index in [1.165, 1.54) is 25.7 Å². The molecule has 1 unspecified atom stereocenters. The Kier molecular flexibility index (Phi) is 7.19. The van der Waals surface area contributed by atoms with Gasteiger partial charge in [0, 0.05) is 18.0 Å². The van der Waals surface area contributed by atoms with E-state index in [1.807, 2.05) is 42.5 Å². The van der Waals surface area contributed by atoms with Crippen molar-refractivity contribution in [3.63, 3.8) is 0 Å². The van der Waals surface area contributed by atoms with Gasteiger partial charge in [-0.25, -0.2) is 0 Å². The fourth-order valence-electron chi connectivity index (χ4n) is 4.48. The number of likely N-dealkylation sites (tertiary alicyclic amines) is 1. The molecule has 0 spiro atoms. The highest BCUT2D eigenvalue weighted by atomic mass is 32.2. The van der Waals surface area contributed by atoms with Gasteiger partial charge in [-0.15, -0.1) is 11.8 Å². The first-order valence-corrected chi connectivity index (χ1v) is 11.3. The van der Waals surface area contributed by atoms with E-state index in [1.54, 1.807) is 11.8 Å². The number of benzene rings is 1. The topological polar surface area (TPSA) is 53.9 Å². The maximum absolute atomic E-state index is 12.7. The zero-order valence-corrected chi connectivity index (χ0v) is 17.3. The number of nitrogens with zero attached hydrogens (tertiary/aromatic N) is 1. The monoisotopic (exact) mass is 390 g/mol. The molecule has 1 aromatic carbocycles. The van der Waals surface area contributed by atoms with Crippen LogP contribution in [-0.4, -0.2) is 56.2 Å². The summed E-state index contributed by atoms with van der Waals surface area (Å²) >= 11 is 1.61. The molecule has 5 nitrogen and oxygen atoms in total. The minimum atomic E-state index is -0.0483. The van der Waals surface area contributed by atoms with E-state index in [2.05, 4.69) is 5.32 Å². The molecule has 0 radical (unpaired) electrons. The van der Waals surface area contributed by atoms with Gasteiger partial charge in [-0.1, -0.05) is 31.4 Å². The van der Waals surface area contributed by atoms with Crippen molar-refractivity contribution in [2.24, 2.45) is 11.8 Å². The van der Waals surface area contributed by atoms with Crippen molar-refractivity contribution in [3.05, 3.63) is 24.3 Å². The lowest BCUT2D eigenvalue weighted by atomic mass is 9.75. The lowest BCUT2D eigenvalue weighted by molar-refractivity contribution is -0.862. The van der Waals surface area contributed by atoms with E-state index in [9.17, 15) is 9.59 Å². The van der Waals surface area contributed by atoms with Gasteiger partial charge in [-0.05, 0) is 43.1 Å². The second-order valence-electron chi connectivity index (χ2n) is 7.99. The number of likely N-dealkylation sites (N-methyl/N-ethyl adjacent to an activating group) is 1. The minimum absolute atomic E-state index is 0.0483. The van der Waals surface area contributed by atoms with Crippen molar-refractivity contribution in [2.75, 3.05) is 44.8 Å². The van der Waals surface area contributed by atoms with E-state index < -0.39 is 0 Å². The third-order valence-electron chi connectivity index (χ3n) is 5.94. The molecule has 1 aliphatic heterocycles. The predicted octanol–water partition coefficient (Wildman–Crippen LogP) is 1.90. The number of para-hydroxylation sites is 1. The zero-order chi connectivity index (χ0) is 19.2. The van der Waals surface area contributed by atoms with Gasteiger partial charge in [0.2, 0.25) is 0 Å². The highest BCUT2D eigenvalue weighted by Crippen LogP contribution is 2.35. The van der Waals surface area contributed by atoms with Gasteiger partial charge in [-0.2, -0.15) is 0 Å². The summed E-state index contributed by atoms with van der Waals surface area (Å²) in [5.74, 6) is 1.67. The van der Waals surface area contributed by atoms with E-state index in [4.69, 9.17) is 0 Å². The molecule has 1 aliphatic carbocycles. The van der Waals surface area contributed by atoms with Crippen LogP contribution in [0.25, 0.3) is 0 Å². The van der Waals surface area contributed by atoms with Crippen LogP contribution in [0.1, 0.15) is 32.1 Å². The van der Waals surface area contributed by atoms with Crippen molar-refractivity contribution < 1.29 is 14.5 Å². The first-order chi connectivity index (χ1) is 13.1. The van der Waals surface area contributed by atoms with Crippen LogP contribution in [-0.2, 0) is 9.59 Å². The molecular formula is C21H32N3O2S+. The molecule has 2 N–H and O–H groups in total. The molecule has 6 heteroatoms. The summed E-state index contributed by atoms with van der Waals surface area (Å²) < 4.78 is 0. The molecule has 1 aromatic rings. The smallest absolute Gasteiger partial charge is 0.279 e. The maximum Gasteiger partial charge on any atom is 0.279 e. The van der Waals surface area contributed by atoms with Crippen molar-refractivity contribution in [1.29, 1.82) is 0 Å². The number of hydrogen-bond acceptors (Lipinski definition) is 3. The number of fused-ring (bicyclic) bond motifs is 1. The predicted molar refractivity (Wildman–Crippen MR) is 110 cm³/mol. The summed E-state index contributed by atoms with van der Waals surface area (Å²) in [7, 11) is 1.92. The van der Waals surface area contributed by atoms with Crippen molar-refractivity contribution in [1.82, 2.24) is 4.90 Å². The molecule has 0 bridgehead atoms. The molecule has 1 heterocycles. The van der Waals surface area contributed by atoms with E-state index in [-0.39, 0.29) is 11.8 Å². The number of nitrogens with one attached hydrogen (secondary N) is 2. The SMILES string of the molecule is CSc1ccccc1NC(=O)C[NH+](C)CC(=O)N1CC[C@H]2CCCC[C@@H]2C1. The quantitative estimate of drug-likeness (QED) is 0.730. The Morgan fingerprint density at radius 1 is 1.15 bits per heavy atom. The maximum atomic E-state index is 12.7. The molecule has 1 saturated heterocycles. The van der Waals surface area contributed by atoms with Crippen LogP contribution in [0.2, 0.25) is 0 Å². The molecular weight excluding hydrogens is 358 g/mol. The summed E-state index contributed by atoms with van der Waals surface area (Å²) in [5, 5.41) is 2.98. The van der Waals surface area contributed by atoms with Crippen LogP contribution in [0.5, 0.6) is 0 Å². The van der Waals surface area contributed by atoms with Crippen LogP contribution < -0.4 is 10.2 Å². The van der Waals surface area contributed by atoms with Crippen LogP contribution in [0, 0.1) is 11.8 Å². The Morgan fingerprint density at radius 2 is 1.89 bits per heavy atom. The summed E-state index contributed by atoms with van der Waals surface area (Å²) in [5.41, 5.74) is 0.841. The van der Waals surface area contributed by atoms with E-state index >= 15 is 0 Å². The van der Waals surface area contributed by atoms with Gasteiger partial charge >= 0.3 is 0 Å². The van der Waals surface area contributed by atoms with Gasteiger partial charge < -0.3 is 15.1 Å². The van der Waals surface area contributed by atoms with Gasteiger partial charge in [0.1, 0.15) is 0 Å². The molecule has 2 aliphatic rings. The fourth-order valence-corrected chi connectivity index (χ4v) is 5.03. The standard InChI is InChI=1S/C21H31N3O2S/c1-23(14-20(25)22-18-9-5-6-10-19(18)27-2)15-21(26)24-12-11-16-7-3-4-8-17(16)13-24/h5-6,9-10,16-17H,3-4,7-8,11-15H2,1-2H3,(H,22,25)/p+1/t16-,17-/m1/s1. The second kappa shape index (κ2) is 9.60. The Balaban J connectivity index is 1.46. The normalized spacial score (nSPS) is 23.4. The lowest BCUT2D eigenvalue weighted by Crippen LogP contribution is -3.11. The highest BCUT2D eigenvalue weighted by molar-refractivity contribution is 7.98. The number of hydrogen-bond donors (Lipinski definition) is 2. The number of thioether (sulfide) groups is 1. The minimum Gasteiger partial charge on any atom is -0.338 e. The van der Waals surface area contributed by atoms with Crippen LogP contribution in [0.4, 0.5) is 5.69 Å². The molecule has 27 heavy (non-hydrogen) atoms. The van der Waals surface area contributed by atoms with Crippen molar-refractivity contribution in [2.45, 2.75) is 37.0 Å². The lowest BCUT2D eigenvalue weighted by Gasteiger charge is -2.41. The van der Waals surface area contributed by atoms with Gasteiger partial charge in [0.05, 0.1) is 12.7 Å². The first-order valence-electron chi connectivity index (χ1n) is 10.1. The van der Waals surface area contributed by atoms with Gasteiger partial charge in [0.15, 0.2) is 13.1 Å². The average molecular weight is 391 g/mol. The van der Waals surface area contributed by atoms with Crippen molar-refractivity contribution >= 4 is 29.3 Å². The Labute approximate surface area is 166 Å².